The Morgan fingerprint density at radius 3 is 1.81 bits per heavy atom. The average molecular weight is 368 g/mol. The van der Waals surface area contributed by atoms with E-state index in [1.54, 1.807) is 0 Å². The van der Waals surface area contributed by atoms with Gasteiger partial charge in [0.25, 0.3) is 0 Å². The van der Waals surface area contributed by atoms with Crippen LogP contribution in [0.15, 0.2) is 89.8 Å². The molecule has 0 aromatic heterocycles. The van der Waals surface area contributed by atoms with Crippen LogP contribution < -0.4 is 10.5 Å². The molecule has 0 aliphatic heterocycles. The van der Waals surface area contributed by atoms with Crippen LogP contribution >= 0.6 is 0 Å². The van der Waals surface area contributed by atoms with Crippen LogP contribution in [0, 0.1) is 0 Å². The zero-order valence-electron chi connectivity index (χ0n) is 14.0. The highest BCUT2D eigenvalue weighted by molar-refractivity contribution is 7.89. The van der Waals surface area contributed by atoms with E-state index in [-0.39, 0.29) is 10.6 Å². The molecule has 4 N–H and O–H groups in total. The predicted molar refractivity (Wildman–Crippen MR) is 101 cm³/mol. The van der Waals surface area contributed by atoms with Crippen LogP contribution in [0.2, 0.25) is 0 Å². The fraction of sp³-hybridized carbons (Fsp3) is 0.100. The molecule has 26 heavy (non-hydrogen) atoms. The number of sulfonamides is 1. The van der Waals surface area contributed by atoms with E-state index in [1.165, 1.54) is 24.3 Å². The highest BCUT2D eigenvalue weighted by Gasteiger charge is 2.27. The Morgan fingerprint density at radius 1 is 0.769 bits per heavy atom. The van der Waals surface area contributed by atoms with E-state index in [4.69, 9.17) is 5.73 Å². The number of rotatable bonds is 6. The first-order valence-corrected chi connectivity index (χ1v) is 9.62. The van der Waals surface area contributed by atoms with Crippen LogP contribution in [0.25, 0.3) is 0 Å². The first kappa shape index (κ1) is 18.1. The fourth-order valence-electron chi connectivity index (χ4n) is 2.74. The summed E-state index contributed by atoms with van der Waals surface area (Å²) < 4.78 is 28.3. The minimum absolute atomic E-state index is 0.00421. The number of benzene rings is 3. The smallest absolute Gasteiger partial charge is 0.241 e. The normalized spacial score (nSPS) is 13.9. The number of nitrogens with one attached hydrogen (secondary N) is 1. The molecule has 0 saturated carbocycles. The van der Waals surface area contributed by atoms with Crippen LogP contribution in [0.1, 0.15) is 23.2 Å². The summed E-state index contributed by atoms with van der Waals surface area (Å²) in [5.74, 6) is 0.00421. The van der Waals surface area contributed by atoms with Gasteiger partial charge in [0.15, 0.2) is 0 Å². The van der Waals surface area contributed by atoms with E-state index in [1.807, 2.05) is 60.7 Å². The number of nitrogens with two attached hydrogens (primary N) is 1. The molecule has 5 nitrogen and oxygen atoms in total. The molecule has 0 heterocycles. The van der Waals surface area contributed by atoms with Crippen molar-refractivity contribution in [2.24, 2.45) is 5.73 Å². The predicted octanol–water partition coefficient (Wildman–Crippen LogP) is 3.11. The second-order valence-electron chi connectivity index (χ2n) is 5.94. The summed E-state index contributed by atoms with van der Waals surface area (Å²) in [4.78, 5) is 0.0662. The summed E-state index contributed by atoms with van der Waals surface area (Å²) in [5, 5.41) is 9.38. The quantitative estimate of drug-likeness (QED) is 0.623. The van der Waals surface area contributed by atoms with Gasteiger partial charge in [-0.1, -0.05) is 60.7 Å². The number of phenolic OH excluding ortho intramolecular Hbond substituents is 1. The molecule has 3 aromatic rings. The van der Waals surface area contributed by atoms with Gasteiger partial charge >= 0.3 is 0 Å². The van der Waals surface area contributed by atoms with E-state index in [0.717, 1.165) is 11.1 Å². The van der Waals surface area contributed by atoms with Crippen molar-refractivity contribution < 1.29 is 13.5 Å². The standard InChI is InChI=1S/C20H20N2O3S/c21-19(15-7-3-1-4-8-15)20(16-9-5-2-6-10-16)22-26(24,25)18-13-11-17(23)12-14-18/h1-14,19-20,22-23H,21H2/t19-,20+/m1/s1. The van der Waals surface area contributed by atoms with E-state index in [9.17, 15) is 13.5 Å². The Hall–Kier alpha value is -2.67. The van der Waals surface area contributed by atoms with Crippen molar-refractivity contribution in [1.29, 1.82) is 0 Å². The number of hydrogen-bond acceptors (Lipinski definition) is 4. The third kappa shape index (κ3) is 4.11. The molecule has 0 aliphatic rings. The van der Waals surface area contributed by atoms with Gasteiger partial charge in [-0.05, 0) is 35.4 Å². The summed E-state index contributed by atoms with van der Waals surface area (Å²) in [6, 6.07) is 22.8. The molecule has 0 spiro atoms. The van der Waals surface area contributed by atoms with Crippen molar-refractivity contribution in [3.8, 4) is 5.75 Å². The maximum absolute atomic E-state index is 12.8. The summed E-state index contributed by atoms with van der Waals surface area (Å²) in [6.45, 7) is 0. The SMILES string of the molecule is N[C@H](c1ccccc1)[C@@H](NS(=O)(=O)c1ccc(O)cc1)c1ccccc1. The molecule has 3 rings (SSSR count). The van der Waals surface area contributed by atoms with Crippen molar-refractivity contribution in [3.63, 3.8) is 0 Å². The lowest BCUT2D eigenvalue weighted by atomic mass is 9.95. The van der Waals surface area contributed by atoms with Crippen LogP contribution in [-0.2, 0) is 10.0 Å². The van der Waals surface area contributed by atoms with Crippen LogP contribution in [0.4, 0.5) is 0 Å². The van der Waals surface area contributed by atoms with Crippen molar-refractivity contribution in [2.75, 3.05) is 0 Å². The molecular formula is C20H20N2O3S. The third-order valence-corrected chi connectivity index (χ3v) is 5.59. The molecule has 3 aromatic carbocycles. The van der Waals surface area contributed by atoms with Gasteiger partial charge in [-0.3, -0.25) is 0 Å². The van der Waals surface area contributed by atoms with Gasteiger partial charge in [-0.15, -0.1) is 0 Å². The summed E-state index contributed by atoms with van der Waals surface area (Å²) in [6.07, 6.45) is 0. The molecule has 0 aliphatic carbocycles. The molecule has 0 unspecified atom stereocenters. The maximum atomic E-state index is 12.8. The Morgan fingerprint density at radius 2 is 1.27 bits per heavy atom. The monoisotopic (exact) mass is 368 g/mol. The summed E-state index contributed by atoms with van der Waals surface area (Å²) in [5.41, 5.74) is 8.01. The van der Waals surface area contributed by atoms with Crippen LogP contribution in [-0.4, -0.2) is 13.5 Å². The Balaban J connectivity index is 1.97. The summed E-state index contributed by atoms with van der Waals surface area (Å²) >= 11 is 0. The second kappa shape index (κ2) is 7.70. The highest BCUT2D eigenvalue weighted by atomic mass is 32.2. The van der Waals surface area contributed by atoms with Gasteiger partial charge in [-0.2, -0.15) is 0 Å². The Labute approximate surface area is 153 Å². The third-order valence-electron chi connectivity index (χ3n) is 4.13. The van der Waals surface area contributed by atoms with Crippen molar-refractivity contribution in [3.05, 3.63) is 96.1 Å². The minimum atomic E-state index is -3.82. The summed E-state index contributed by atoms with van der Waals surface area (Å²) in [7, 11) is -3.82. The first-order chi connectivity index (χ1) is 12.5. The van der Waals surface area contributed by atoms with Gasteiger partial charge in [-0.25, -0.2) is 13.1 Å². The fourth-order valence-corrected chi connectivity index (χ4v) is 3.98. The molecule has 0 amide bonds. The first-order valence-electron chi connectivity index (χ1n) is 8.14. The highest BCUT2D eigenvalue weighted by Crippen LogP contribution is 2.29. The van der Waals surface area contributed by atoms with Crippen LogP contribution in [0.3, 0.4) is 0 Å². The lowest BCUT2D eigenvalue weighted by Crippen LogP contribution is -2.36. The van der Waals surface area contributed by atoms with E-state index >= 15 is 0 Å². The lowest BCUT2D eigenvalue weighted by molar-refractivity contribution is 0.474. The molecular weight excluding hydrogens is 348 g/mol. The van der Waals surface area contributed by atoms with Crippen LogP contribution in [0.5, 0.6) is 5.75 Å². The minimum Gasteiger partial charge on any atom is -0.508 e. The Kier molecular flexibility index (Phi) is 5.37. The van der Waals surface area contributed by atoms with E-state index < -0.39 is 22.1 Å². The maximum Gasteiger partial charge on any atom is 0.241 e. The number of aromatic hydroxyl groups is 1. The van der Waals surface area contributed by atoms with Crippen molar-refractivity contribution in [1.82, 2.24) is 4.72 Å². The van der Waals surface area contributed by atoms with Gasteiger partial charge in [0.2, 0.25) is 10.0 Å². The van der Waals surface area contributed by atoms with Crippen molar-refractivity contribution in [2.45, 2.75) is 17.0 Å². The average Bonchev–Trinajstić information content (AvgIpc) is 2.67. The zero-order chi connectivity index (χ0) is 18.6. The van der Waals surface area contributed by atoms with E-state index in [0.29, 0.717) is 0 Å². The topological polar surface area (TPSA) is 92.4 Å². The van der Waals surface area contributed by atoms with Crippen molar-refractivity contribution >= 4 is 10.0 Å². The lowest BCUT2D eigenvalue weighted by Gasteiger charge is -2.26. The molecule has 0 fully saturated rings. The molecule has 0 bridgehead atoms. The largest absolute Gasteiger partial charge is 0.508 e. The molecule has 0 saturated heterocycles. The molecule has 6 heteroatoms. The molecule has 2 atom stereocenters. The number of hydrogen-bond donors (Lipinski definition) is 3. The zero-order valence-corrected chi connectivity index (χ0v) is 14.8. The van der Waals surface area contributed by atoms with Gasteiger partial charge in [0.1, 0.15) is 5.75 Å². The molecule has 134 valence electrons. The second-order valence-corrected chi connectivity index (χ2v) is 7.65. The Bertz CT molecular complexity index is 943. The van der Waals surface area contributed by atoms with Gasteiger partial charge in [0, 0.05) is 0 Å². The number of phenols is 1. The molecule has 0 radical (unpaired) electrons. The van der Waals surface area contributed by atoms with Gasteiger partial charge in [0.05, 0.1) is 17.0 Å². The van der Waals surface area contributed by atoms with Gasteiger partial charge < -0.3 is 10.8 Å². The van der Waals surface area contributed by atoms with E-state index in [2.05, 4.69) is 4.72 Å².